The molecule has 194 valence electrons. The minimum absolute atomic E-state index is 0.129. The molecule has 2 N–H and O–H groups in total. The number of piperazine rings is 1. The summed E-state index contributed by atoms with van der Waals surface area (Å²) in [5, 5.41) is 12.9. The van der Waals surface area contributed by atoms with Crippen molar-refractivity contribution in [2.45, 2.75) is 46.1 Å². The number of anilines is 2. The third-order valence-electron chi connectivity index (χ3n) is 7.38. The first-order valence-corrected chi connectivity index (χ1v) is 12.9. The molecule has 1 aliphatic heterocycles. The molecule has 1 aromatic carbocycles. The number of rotatable bonds is 7. The lowest BCUT2D eigenvalue weighted by molar-refractivity contribution is -0.131. The lowest BCUT2D eigenvalue weighted by atomic mass is 10.1. The summed E-state index contributed by atoms with van der Waals surface area (Å²) >= 11 is 0. The van der Waals surface area contributed by atoms with E-state index in [-0.39, 0.29) is 23.1 Å². The van der Waals surface area contributed by atoms with Gasteiger partial charge in [-0.1, -0.05) is 12.1 Å². The lowest BCUT2D eigenvalue weighted by Gasteiger charge is -2.36. The van der Waals surface area contributed by atoms with Gasteiger partial charge in [-0.25, -0.2) is 9.78 Å². The standard InChI is InChI=1S/C28H33N5O4/c1-17-14-22(19(3)29-23-7-5-4-6-21(23)28(36)37)26-30-25(18(2)27(35)33(26)16-17)32-12-10-31(11-13-32)24(34)15-20-8-9-20/h4-7,14,16,19-20,29H,8-13,15H2,1-3H3,(H,36,37)/t19-/m1/s1. The lowest BCUT2D eigenvalue weighted by Crippen LogP contribution is -2.49. The molecule has 2 aromatic heterocycles. The van der Waals surface area contributed by atoms with Gasteiger partial charge in [0.25, 0.3) is 5.56 Å². The van der Waals surface area contributed by atoms with Crippen molar-refractivity contribution in [3.8, 4) is 0 Å². The van der Waals surface area contributed by atoms with Crippen LogP contribution in [0.4, 0.5) is 11.5 Å². The zero-order valence-electron chi connectivity index (χ0n) is 21.5. The van der Waals surface area contributed by atoms with Crippen LogP contribution in [0, 0.1) is 19.8 Å². The number of carbonyl (C=O) groups excluding carboxylic acids is 1. The van der Waals surface area contributed by atoms with E-state index >= 15 is 0 Å². The number of benzene rings is 1. The highest BCUT2D eigenvalue weighted by Crippen LogP contribution is 2.33. The Kier molecular flexibility index (Phi) is 6.62. The Morgan fingerprint density at radius 1 is 1.14 bits per heavy atom. The molecule has 3 aromatic rings. The molecular formula is C28H33N5O4. The van der Waals surface area contributed by atoms with Crippen LogP contribution in [-0.4, -0.2) is 57.4 Å². The van der Waals surface area contributed by atoms with Gasteiger partial charge in [-0.05, 0) is 63.3 Å². The molecule has 2 aliphatic rings. The van der Waals surface area contributed by atoms with E-state index in [4.69, 9.17) is 4.98 Å². The van der Waals surface area contributed by atoms with E-state index in [9.17, 15) is 19.5 Å². The molecule has 9 nitrogen and oxygen atoms in total. The molecule has 9 heteroatoms. The molecule has 1 amide bonds. The summed E-state index contributed by atoms with van der Waals surface area (Å²) in [6.45, 7) is 8.15. The molecule has 1 atom stereocenters. The number of carboxylic acids is 1. The zero-order chi connectivity index (χ0) is 26.3. The number of nitrogens with one attached hydrogen (secondary N) is 1. The van der Waals surface area contributed by atoms with Gasteiger partial charge < -0.3 is 20.2 Å². The number of para-hydroxylation sites is 1. The first-order valence-electron chi connectivity index (χ1n) is 12.9. The van der Waals surface area contributed by atoms with Gasteiger partial charge in [-0.2, -0.15) is 0 Å². The van der Waals surface area contributed by atoms with Crippen molar-refractivity contribution in [3.05, 3.63) is 69.1 Å². The summed E-state index contributed by atoms with van der Waals surface area (Å²) < 4.78 is 1.58. The summed E-state index contributed by atoms with van der Waals surface area (Å²) in [7, 11) is 0. The van der Waals surface area contributed by atoms with Crippen molar-refractivity contribution >= 4 is 29.0 Å². The van der Waals surface area contributed by atoms with Crippen molar-refractivity contribution in [1.29, 1.82) is 0 Å². The third kappa shape index (κ3) is 5.03. The molecule has 5 rings (SSSR count). The average molecular weight is 504 g/mol. The van der Waals surface area contributed by atoms with E-state index in [1.807, 2.05) is 24.8 Å². The highest BCUT2D eigenvalue weighted by Gasteiger charge is 2.30. The van der Waals surface area contributed by atoms with E-state index in [0.29, 0.717) is 61.2 Å². The van der Waals surface area contributed by atoms with Crippen molar-refractivity contribution < 1.29 is 14.7 Å². The van der Waals surface area contributed by atoms with Crippen LogP contribution < -0.4 is 15.8 Å². The summed E-state index contributed by atoms with van der Waals surface area (Å²) in [6, 6.07) is 8.44. The molecule has 0 unspecified atom stereocenters. The SMILES string of the molecule is Cc1cc([C@@H](C)Nc2ccccc2C(=O)O)c2nc(N3CCN(C(=O)CC4CC4)CC3)c(C)c(=O)n2c1. The van der Waals surface area contributed by atoms with Gasteiger partial charge in [-0.3, -0.25) is 14.0 Å². The summed E-state index contributed by atoms with van der Waals surface area (Å²) in [6.07, 6.45) is 4.75. The van der Waals surface area contributed by atoms with Crippen molar-refractivity contribution in [3.63, 3.8) is 0 Å². The third-order valence-corrected chi connectivity index (χ3v) is 7.38. The molecule has 1 saturated heterocycles. The molecule has 0 spiro atoms. The number of hydrogen-bond donors (Lipinski definition) is 2. The van der Waals surface area contributed by atoms with Gasteiger partial charge >= 0.3 is 5.97 Å². The van der Waals surface area contributed by atoms with Gasteiger partial charge in [0.1, 0.15) is 11.5 Å². The monoisotopic (exact) mass is 503 g/mol. The Labute approximate surface area is 215 Å². The topological polar surface area (TPSA) is 107 Å². The Bertz CT molecular complexity index is 1420. The minimum atomic E-state index is -1.01. The summed E-state index contributed by atoms with van der Waals surface area (Å²) in [5.74, 6) is 0.425. The molecule has 3 heterocycles. The normalized spacial score (nSPS) is 16.6. The number of aryl methyl sites for hydroxylation is 1. The molecule has 37 heavy (non-hydrogen) atoms. The van der Waals surface area contributed by atoms with Crippen LogP contribution in [0.25, 0.3) is 5.65 Å². The number of carbonyl (C=O) groups is 2. The van der Waals surface area contributed by atoms with Crippen LogP contribution in [0.5, 0.6) is 0 Å². The maximum atomic E-state index is 13.5. The van der Waals surface area contributed by atoms with E-state index in [1.54, 1.807) is 41.8 Å². The maximum Gasteiger partial charge on any atom is 0.337 e. The number of fused-ring (bicyclic) bond motifs is 1. The Morgan fingerprint density at radius 2 is 1.84 bits per heavy atom. The maximum absolute atomic E-state index is 13.5. The van der Waals surface area contributed by atoms with Crippen LogP contribution in [0.2, 0.25) is 0 Å². The Morgan fingerprint density at radius 3 is 2.51 bits per heavy atom. The second kappa shape index (κ2) is 9.88. The quantitative estimate of drug-likeness (QED) is 0.507. The fourth-order valence-corrected chi connectivity index (χ4v) is 5.08. The Balaban J connectivity index is 1.46. The van der Waals surface area contributed by atoms with E-state index < -0.39 is 5.97 Å². The van der Waals surface area contributed by atoms with Crippen molar-refractivity contribution in [2.75, 3.05) is 36.4 Å². The van der Waals surface area contributed by atoms with Crippen LogP contribution in [0.1, 0.15) is 59.3 Å². The van der Waals surface area contributed by atoms with Crippen molar-refractivity contribution in [1.82, 2.24) is 14.3 Å². The number of aromatic nitrogens is 2. The Hall–Kier alpha value is -3.88. The van der Waals surface area contributed by atoms with Crippen molar-refractivity contribution in [2.24, 2.45) is 5.92 Å². The van der Waals surface area contributed by atoms with Crippen LogP contribution >= 0.6 is 0 Å². The van der Waals surface area contributed by atoms with Gasteiger partial charge in [0.2, 0.25) is 5.91 Å². The highest BCUT2D eigenvalue weighted by molar-refractivity contribution is 5.94. The van der Waals surface area contributed by atoms with E-state index in [1.165, 1.54) is 0 Å². The highest BCUT2D eigenvalue weighted by atomic mass is 16.4. The zero-order valence-corrected chi connectivity index (χ0v) is 21.5. The summed E-state index contributed by atoms with van der Waals surface area (Å²) in [5.41, 5.74) is 3.37. The predicted octanol–water partition coefficient (Wildman–Crippen LogP) is 3.63. The number of hydrogen-bond acceptors (Lipinski definition) is 6. The largest absolute Gasteiger partial charge is 0.478 e. The molecule has 1 saturated carbocycles. The number of aromatic carboxylic acids is 1. The molecular weight excluding hydrogens is 470 g/mol. The first-order chi connectivity index (χ1) is 17.7. The van der Waals surface area contributed by atoms with Crippen LogP contribution in [-0.2, 0) is 4.79 Å². The van der Waals surface area contributed by atoms with Crippen LogP contribution in [0.15, 0.2) is 41.3 Å². The van der Waals surface area contributed by atoms with Gasteiger partial charge in [0, 0.05) is 50.0 Å². The molecule has 1 aliphatic carbocycles. The molecule has 0 radical (unpaired) electrons. The second-order valence-electron chi connectivity index (χ2n) is 10.3. The average Bonchev–Trinajstić information content (AvgIpc) is 3.70. The number of pyridine rings is 1. The number of amides is 1. The van der Waals surface area contributed by atoms with Gasteiger partial charge in [0.15, 0.2) is 0 Å². The molecule has 2 fully saturated rings. The minimum Gasteiger partial charge on any atom is -0.478 e. The van der Waals surface area contributed by atoms with Crippen LogP contribution in [0.3, 0.4) is 0 Å². The smallest absolute Gasteiger partial charge is 0.337 e. The summed E-state index contributed by atoms with van der Waals surface area (Å²) in [4.78, 5) is 46.7. The predicted molar refractivity (Wildman–Crippen MR) is 143 cm³/mol. The second-order valence-corrected chi connectivity index (χ2v) is 10.3. The number of nitrogens with zero attached hydrogens (tertiary/aromatic N) is 4. The molecule has 0 bridgehead atoms. The van der Waals surface area contributed by atoms with E-state index in [0.717, 1.165) is 24.0 Å². The number of carboxylic acid groups (broad SMARTS) is 1. The first kappa shape index (κ1) is 24.8. The van der Waals surface area contributed by atoms with E-state index in [2.05, 4.69) is 10.2 Å². The van der Waals surface area contributed by atoms with Gasteiger partial charge in [0.05, 0.1) is 17.2 Å². The fourth-order valence-electron chi connectivity index (χ4n) is 5.08. The van der Waals surface area contributed by atoms with Gasteiger partial charge in [-0.15, -0.1) is 0 Å². The fraction of sp³-hybridized carbons (Fsp3) is 0.429.